The first kappa shape index (κ1) is 27.2. The summed E-state index contributed by atoms with van der Waals surface area (Å²) in [5, 5.41) is 12.9. The number of nitrogens with two attached hydrogens (primary N) is 2. The average Bonchev–Trinajstić information content (AvgIpc) is 2.90. The zero-order valence-electron chi connectivity index (χ0n) is 20.1. The highest BCUT2D eigenvalue weighted by Gasteiger charge is 2.26. The van der Waals surface area contributed by atoms with E-state index in [1.54, 1.807) is 30.3 Å². The van der Waals surface area contributed by atoms with Crippen molar-refractivity contribution < 1.29 is 27.1 Å². The maximum Gasteiger partial charge on any atom is 0.325 e. The van der Waals surface area contributed by atoms with E-state index >= 15 is 4.39 Å². The van der Waals surface area contributed by atoms with E-state index in [0.717, 1.165) is 12.0 Å². The number of methoxy groups -OCH3 is 1. The number of primary sulfonamides is 1. The van der Waals surface area contributed by atoms with Crippen molar-refractivity contribution in [3.8, 4) is 11.1 Å². The van der Waals surface area contributed by atoms with E-state index in [4.69, 9.17) is 16.3 Å². The molecule has 0 aliphatic carbocycles. The van der Waals surface area contributed by atoms with Crippen molar-refractivity contribution in [2.24, 2.45) is 10.9 Å². The average molecular weight is 525 g/mol. The molecule has 3 rings (SSSR count). The summed E-state index contributed by atoms with van der Waals surface area (Å²) in [5.74, 6) is -3.19. The summed E-state index contributed by atoms with van der Waals surface area (Å²) in [7, 11) is -2.86. The van der Waals surface area contributed by atoms with Crippen molar-refractivity contribution in [1.29, 1.82) is 5.41 Å². The number of benzene rings is 3. The van der Waals surface area contributed by atoms with Crippen molar-refractivity contribution in [2.45, 2.75) is 11.8 Å². The third-order valence-electron chi connectivity index (χ3n) is 5.57. The molecule has 0 spiro atoms. The summed E-state index contributed by atoms with van der Waals surface area (Å²) in [6.07, 6.45) is 0. The SMILES string of the molecule is COC(=O)CN(C(=O)/C(F)=C(\C)c1cccc(C(=N)N)c1)c1ccc(-c2ccccc2S(N)(=O)=O)cc1. The molecule has 0 fully saturated rings. The number of carbonyl (C=O) groups excluding carboxylic acids is 2. The summed E-state index contributed by atoms with van der Waals surface area (Å²) < 4.78 is 44.0. The third-order valence-corrected chi connectivity index (χ3v) is 6.54. The number of hydrogen-bond acceptors (Lipinski definition) is 6. The second kappa shape index (κ2) is 11.1. The van der Waals surface area contributed by atoms with E-state index in [2.05, 4.69) is 4.74 Å². The van der Waals surface area contributed by atoms with Gasteiger partial charge in [-0.15, -0.1) is 0 Å². The Morgan fingerprint density at radius 1 is 1.00 bits per heavy atom. The van der Waals surface area contributed by atoms with Crippen molar-refractivity contribution in [3.63, 3.8) is 0 Å². The van der Waals surface area contributed by atoms with Crippen LogP contribution in [-0.4, -0.2) is 39.8 Å². The van der Waals surface area contributed by atoms with Gasteiger partial charge in [0.2, 0.25) is 10.0 Å². The first-order valence-corrected chi connectivity index (χ1v) is 12.4. The van der Waals surface area contributed by atoms with Crippen LogP contribution in [0, 0.1) is 5.41 Å². The second-order valence-corrected chi connectivity index (χ2v) is 9.52. The minimum absolute atomic E-state index is 0.0123. The zero-order chi connectivity index (χ0) is 27.3. The Kier molecular flexibility index (Phi) is 8.21. The lowest BCUT2D eigenvalue weighted by atomic mass is 10.0. The number of nitrogen functional groups attached to an aromatic ring is 1. The van der Waals surface area contributed by atoms with Gasteiger partial charge < -0.3 is 10.5 Å². The van der Waals surface area contributed by atoms with Crippen LogP contribution in [0.15, 0.2) is 83.5 Å². The minimum atomic E-state index is -4.00. The van der Waals surface area contributed by atoms with Gasteiger partial charge in [-0.25, -0.2) is 17.9 Å². The molecule has 0 heterocycles. The van der Waals surface area contributed by atoms with Gasteiger partial charge in [-0.1, -0.05) is 48.5 Å². The van der Waals surface area contributed by atoms with Crippen LogP contribution in [0.2, 0.25) is 0 Å². The van der Waals surface area contributed by atoms with Crippen LogP contribution in [0.3, 0.4) is 0 Å². The number of halogens is 1. The fraction of sp³-hybridized carbons (Fsp3) is 0.115. The lowest BCUT2D eigenvalue weighted by Gasteiger charge is -2.22. The monoisotopic (exact) mass is 524 g/mol. The van der Waals surface area contributed by atoms with Crippen LogP contribution < -0.4 is 15.8 Å². The Hall–Kier alpha value is -4.35. The van der Waals surface area contributed by atoms with Crippen LogP contribution in [0.25, 0.3) is 16.7 Å². The smallest absolute Gasteiger partial charge is 0.325 e. The number of esters is 1. The van der Waals surface area contributed by atoms with E-state index in [0.29, 0.717) is 22.3 Å². The molecule has 11 heteroatoms. The molecule has 1 amide bonds. The summed E-state index contributed by atoms with van der Waals surface area (Å²) in [5.41, 5.74) is 7.19. The minimum Gasteiger partial charge on any atom is -0.468 e. The Labute approximate surface area is 213 Å². The van der Waals surface area contributed by atoms with Gasteiger partial charge in [-0.2, -0.15) is 0 Å². The largest absolute Gasteiger partial charge is 0.468 e. The third kappa shape index (κ3) is 6.26. The molecule has 192 valence electrons. The predicted octanol–water partition coefficient (Wildman–Crippen LogP) is 3.19. The summed E-state index contributed by atoms with van der Waals surface area (Å²) in [4.78, 5) is 26.1. The van der Waals surface area contributed by atoms with E-state index < -0.39 is 34.3 Å². The Balaban J connectivity index is 2.03. The van der Waals surface area contributed by atoms with Gasteiger partial charge in [-0.05, 0) is 47.9 Å². The van der Waals surface area contributed by atoms with E-state index in [-0.39, 0.29) is 22.0 Å². The maximum absolute atomic E-state index is 15.4. The van der Waals surface area contributed by atoms with Gasteiger partial charge >= 0.3 is 5.97 Å². The van der Waals surface area contributed by atoms with Gasteiger partial charge in [-0.3, -0.25) is 19.9 Å². The fourth-order valence-corrected chi connectivity index (χ4v) is 4.33. The van der Waals surface area contributed by atoms with Crippen LogP contribution in [-0.2, 0) is 24.3 Å². The van der Waals surface area contributed by atoms with Crippen molar-refractivity contribution in [2.75, 3.05) is 18.6 Å². The lowest BCUT2D eigenvalue weighted by Crippen LogP contribution is -2.36. The molecular weight excluding hydrogens is 499 g/mol. The van der Waals surface area contributed by atoms with Crippen molar-refractivity contribution in [3.05, 3.63) is 89.8 Å². The molecule has 9 nitrogen and oxygen atoms in total. The van der Waals surface area contributed by atoms with E-state index in [9.17, 15) is 18.0 Å². The number of nitrogens with zero attached hydrogens (tertiary/aromatic N) is 1. The summed E-state index contributed by atoms with van der Waals surface area (Å²) in [6.45, 7) is 0.826. The van der Waals surface area contributed by atoms with E-state index in [1.807, 2.05) is 0 Å². The molecule has 5 N–H and O–H groups in total. The first-order valence-electron chi connectivity index (χ1n) is 10.9. The van der Waals surface area contributed by atoms with Crippen molar-refractivity contribution >= 4 is 39.0 Å². The van der Waals surface area contributed by atoms with E-state index in [1.165, 1.54) is 49.4 Å². The highest BCUT2D eigenvalue weighted by atomic mass is 32.2. The molecule has 0 aromatic heterocycles. The quantitative estimate of drug-likeness (QED) is 0.178. The molecule has 0 saturated carbocycles. The van der Waals surface area contributed by atoms with Gasteiger partial charge in [0.25, 0.3) is 5.91 Å². The van der Waals surface area contributed by atoms with Crippen molar-refractivity contribution in [1.82, 2.24) is 0 Å². The molecule has 0 radical (unpaired) electrons. The number of rotatable bonds is 8. The van der Waals surface area contributed by atoms with Gasteiger partial charge in [0, 0.05) is 16.8 Å². The number of allylic oxidation sites excluding steroid dienone is 1. The predicted molar refractivity (Wildman–Crippen MR) is 139 cm³/mol. The normalized spacial score (nSPS) is 11.9. The fourth-order valence-electron chi connectivity index (χ4n) is 3.57. The highest BCUT2D eigenvalue weighted by Crippen LogP contribution is 2.30. The Morgan fingerprint density at radius 3 is 2.22 bits per heavy atom. The number of nitrogens with one attached hydrogen (secondary N) is 1. The molecular formula is C26H25FN4O5S. The summed E-state index contributed by atoms with van der Waals surface area (Å²) >= 11 is 0. The van der Waals surface area contributed by atoms with Crippen LogP contribution in [0.1, 0.15) is 18.1 Å². The number of amides is 1. The molecule has 3 aromatic carbocycles. The molecule has 0 unspecified atom stereocenters. The summed E-state index contributed by atoms with van der Waals surface area (Å²) in [6, 6.07) is 18.3. The zero-order valence-corrected chi connectivity index (χ0v) is 20.9. The number of amidine groups is 1. The molecule has 0 atom stereocenters. The molecule has 0 aliphatic rings. The van der Waals surface area contributed by atoms with Crippen LogP contribution in [0.5, 0.6) is 0 Å². The topological polar surface area (TPSA) is 157 Å². The molecule has 0 bridgehead atoms. The molecule has 0 saturated heterocycles. The highest BCUT2D eigenvalue weighted by molar-refractivity contribution is 7.89. The number of ether oxygens (including phenoxy) is 1. The first-order chi connectivity index (χ1) is 17.4. The molecule has 37 heavy (non-hydrogen) atoms. The van der Waals surface area contributed by atoms with Gasteiger partial charge in [0.15, 0.2) is 5.83 Å². The number of hydrogen-bond donors (Lipinski definition) is 3. The number of anilines is 1. The van der Waals surface area contributed by atoms with Crippen LogP contribution >= 0.6 is 0 Å². The molecule has 3 aromatic rings. The lowest BCUT2D eigenvalue weighted by molar-refractivity contribution is -0.139. The number of carbonyl (C=O) groups is 2. The van der Waals surface area contributed by atoms with Gasteiger partial charge in [0.05, 0.1) is 12.0 Å². The standard InChI is InChI=1S/C26H25FN4O5S/c1-16(18-6-5-7-19(14-18)25(28)29)24(27)26(33)31(15-23(32)36-2)20-12-10-17(11-13-20)21-8-3-4-9-22(21)37(30,34)35/h3-14H,15H2,1-2H3,(H3,28,29)(H2,30,34,35)/b24-16-. The maximum atomic E-state index is 15.4. The van der Waals surface area contributed by atoms with Gasteiger partial charge in [0.1, 0.15) is 12.4 Å². The number of sulfonamides is 1. The molecule has 0 aliphatic heterocycles. The Morgan fingerprint density at radius 2 is 1.62 bits per heavy atom. The second-order valence-electron chi connectivity index (χ2n) is 7.99. The van der Waals surface area contributed by atoms with Crippen LogP contribution in [0.4, 0.5) is 10.1 Å². The Bertz CT molecular complexity index is 1500.